The van der Waals surface area contributed by atoms with E-state index in [2.05, 4.69) is 10.0 Å². The monoisotopic (exact) mass is 286 g/mol. The molecular formula is C13H22N2O3S. The fourth-order valence-electron chi connectivity index (χ4n) is 1.53. The van der Waals surface area contributed by atoms with Gasteiger partial charge in [0.2, 0.25) is 10.0 Å². The van der Waals surface area contributed by atoms with Crippen LogP contribution in [-0.2, 0) is 14.8 Å². The van der Waals surface area contributed by atoms with Crippen LogP contribution < -0.4 is 10.0 Å². The standard InChI is InChI=1S/C13H22N2O3S/c1-13(2,18-3)9-10-14-11-7-5-6-8-12(11)15-19(4,16)17/h5-8,14-15H,9-10H2,1-4H3. The van der Waals surface area contributed by atoms with Gasteiger partial charge < -0.3 is 10.1 Å². The molecule has 0 atom stereocenters. The van der Waals surface area contributed by atoms with E-state index in [9.17, 15) is 8.42 Å². The number of hydrogen-bond donors (Lipinski definition) is 2. The summed E-state index contributed by atoms with van der Waals surface area (Å²) < 4.78 is 30.4. The highest BCUT2D eigenvalue weighted by atomic mass is 32.2. The summed E-state index contributed by atoms with van der Waals surface area (Å²) in [5, 5.41) is 3.22. The van der Waals surface area contributed by atoms with Crippen molar-refractivity contribution in [2.75, 3.05) is 29.9 Å². The Morgan fingerprint density at radius 2 is 1.79 bits per heavy atom. The fraction of sp³-hybridized carbons (Fsp3) is 0.538. The minimum Gasteiger partial charge on any atom is -0.383 e. The topological polar surface area (TPSA) is 67.4 Å². The highest BCUT2D eigenvalue weighted by Gasteiger charge is 2.15. The summed E-state index contributed by atoms with van der Waals surface area (Å²) in [4.78, 5) is 0. The van der Waals surface area contributed by atoms with Crippen LogP contribution in [0, 0.1) is 0 Å². The number of nitrogens with one attached hydrogen (secondary N) is 2. The van der Waals surface area contributed by atoms with E-state index in [0.717, 1.165) is 18.4 Å². The van der Waals surface area contributed by atoms with Crippen molar-refractivity contribution in [2.24, 2.45) is 0 Å². The van der Waals surface area contributed by atoms with Crippen LogP contribution in [0.5, 0.6) is 0 Å². The second-order valence-corrected chi connectivity index (χ2v) is 6.81. The number of ether oxygens (including phenoxy) is 1. The van der Waals surface area contributed by atoms with Gasteiger partial charge in [-0.05, 0) is 32.4 Å². The van der Waals surface area contributed by atoms with Crippen molar-refractivity contribution >= 4 is 21.4 Å². The molecule has 6 heteroatoms. The second-order valence-electron chi connectivity index (χ2n) is 5.06. The summed E-state index contributed by atoms with van der Waals surface area (Å²) in [5.41, 5.74) is 1.12. The first-order chi connectivity index (χ1) is 8.73. The van der Waals surface area contributed by atoms with Crippen molar-refractivity contribution in [3.8, 4) is 0 Å². The van der Waals surface area contributed by atoms with E-state index in [-0.39, 0.29) is 5.60 Å². The molecule has 0 saturated carbocycles. The number of methoxy groups -OCH3 is 1. The molecule has 0 bridgehead atoms. The minimum absolute atomic E-state index is 0.202. The molecule has 0 radical (unpaired) electrons. The van der Waals surface area contributed by atoms with Crippen molar-refractivity contribution in [1.29, 1.82) is 0 Å². The van der Waals surface area contributed by atoms with Crippen molar-refractivity contribution in [1.82, 2.24) is 0 Å². The highest BCUT2D eigenvalue weighted by Crippen LogP contribution is 2.22. The molecule has 0 heterocycles. The van der Waals surface area contributed by atoms with Crippen molar-refractivity contribution in [3.05, 3.63) is 24.3 Å². The molecule has 108 valence electrons. The molecule has 0 saturated heterocycles. The first kappa shape index (κ1) is 15.8. The molecule has 19 heavy (non-hydrogen) atoms. The lowest BCUT2D eigenvalue weighted by molar-refractivity contribution is 0.0185. The Labute approximate surface area is 115 Å². The number of hydrogen-bond acceptors (Lipinski definition) is 4. The smallest absolute Gasteiger partial charge is 0.229 e. The summed E-state index contributed by atoms with van der Waals surface area (Å²) in [6.45, 7) is 4.72. The van der Waals surface area contributed by atoms with Gasteiger partial charge in [-0.15, -0.1) is 0 Å². The summed E-state index contributed by atoms with van der Waals surface area (Å²) in [6.07, 6.45) is 1.95. The van der Waals surface area contributed by atoms with E-state index in [1.807, 2.05) is 26.0 Å². The molecule has 0 spiro atoms. The van der Waals surface area contributed by atoms with Gasteiger partial charge in [-0.2, -0.15) is 0 Å². The third-order valence-corrected chi connectivity index (χ3v) is 3.41. The lowest BCUT2D eigenvalue weighted by atomic mass is 10.1. The Hall–Kier alpha value is -1.27. The summed E-state index contributed by atoms with van der Waals surface area (Å²) in [7, 11) is -1.59. The van der Waals surface area contributed by atoms with Crippen LogP contribution in [0.1, 0.15) is 20.3 Å². The molecule has 1 aromatic carbocycles. The highest BCUT2D eigenvalue weighted by molar-refractivity contribution is 7.92. The van der Waals surface area contributed by atoms with Crippen LogP contribution in [0.25, 0.3) is 0 Å². The average molecular weight is 286 g/mol. The first-order valence-electron chi connectivity index (χ1n) is 6.09. The Kier molecular flexibility index (Phi) is 5.20. The Balaban J connectivity index is 2.69. The van der Waals surface area contributed by atoms with Gasteiger partial charge in [0, 0.05) is 13.7 Å². The van der Waals surface area contributed by atoms with E-state index in [4.69, 9.17) is 4.74 Å². The Morgan fingerprint density at radius 3 is 2.32 bits per heavy atom. The average Bonchev–Trinajstić information content (AvgIpc) is 2.29. The number of para-hydroxylation sites is 2. The lowest BCUT2D eigenvalue weighted by Crippen LogP contribution is -2.26. The Morgan fingerprint density at radius 1 is 1.21 bits per heavy atom. The molecule has 2 N–H and O–H groups in total. The van der Waals surface area contributed by atoms with E-state index in [0.29, 0.717) is 12.2 Å². The molecule has 1 aromatic rings. The molecule has 0 aliphatic rings. The van der Waals surface area contributed by atoms with Gasteiger partial charge in [-0.3, -0.25) is 4.72 Å². The molecule has 0 unspecified atom stereocenters. The Bertz CT molecular complexity index is 512. The summed E-state index contributed by atoms with van der Waals surface area (Å²) >= 11 is 0. The van der Waals surface area contributed by atoms with Crippen molar-refractivity contribution < 1.29 is 13.2 Å². The van der Waals surface area contributed by atoms with Crippen LogP contribution in [0.3, 0.4) is 0 Å². The molecule has 5 nitrogen and oxygen atoms in total. The largest absolute Gasteiger partial charge is 0.383 e. The summed E-state index contributed by atoms with van der Waals surface area (Å²) in [5.74, 6) is 0. The molecule has 0 aliphatic heterocycles. The SMILES string of the molecule is COC(C)(C)CCNc1ccccc1NS(C)(=O)=O. The van der Waals surface area contributed by atoms with Crippen LogP contribution in [-0.4, -0.2) is 33.9 Å². The second kappa shape index (κ2) is 6.25. The van der Waals surface area contributed by atoms with Crippen LogP contribution in [0.15, 0.2) is 24.3 Å². The maximum Gasteiger partial charge on any atom is 0.229 e. The first-order valence-corrected chi connectivity index (χ1v) is 7.98. The lowest BCUT2D eigenvalue weighted by Gasteiger charge is -2.23. The number of sulfonamides is 1. The molecule has 0 aromatic heterocycles. The van der Waals surface area contributed by atoms with E-state index in [1.54, 1.807) is 19.2 Å². The molecule has 0 amide bonds. The number of benzene rings is 1. The van der Waals surface area contributed by atoms with Gasteiger partial charge in [0.05, 0.1) is 23.2 Å². The summed E-state index contributed by atoms with van der Waals surface area (Å²) in [6, 6.07) is 7.22. The zero-order chi connectivity index (χ0) is 14.5. The molecular weight excluding hydrogens is 264 g/mol. The molecule has 0 aliphatic carbocycles. The van der Waals surface area contributed by atoms with E-state index < -0.39 is 10.0 Å². The third kappa shape index (κ3) is 5.94. The van der Waals surface area contributed by atoms with Gasteiger partial charge in [0.1, 0.15) is 0 Å². The molecule has 1 rings (SSSR count). The molecule has 0 fully saturated rings. The van der Waals surface area contributed by atoms with Gasteiger partial charge in [-0.1, -0.05) is 12.1 Å². The zero-order valence-corrected chi connectivity index (χ0v) is 12.7. The maximum absolute atomic E-state index is 11.3. The zero-order valence-electron chi connectivity index (χ0n) is 11.9. The normalized spacial score (nSPS) is 12.2. The van der Waals surface area contributed by atoms with E-state index >= 15 is 0 Å². The van der Waals surface area contributed by atoms with Gasteiger partial charge >= 0.3 is 0 Å². The maximum atomic E-state index is 11.3. The van der Waals surface area contributed by atoms with Crippen LogP contribution in [0.2, 0.25) is 0 Å². The van der Waals surface area contributed by atoms with Crippen LogP contribution >= 0.6 is 0 Å². The predicted molar refractivity (Wildman–Crippen MR) is 79.1 cm³/mol. The van der Waals surface area contributed by atoms with Gasteiger partial charge in [0.25, 0.3) is 0 Å². The van der Waals surface area contributed by atoms with Crippen molar-refractivity contribution in [2.45, 2.75) is 25.9 Å². The van der Waals surface area contributed by atoms with Crippen molar-refractivity contribution in [3.63, 3.8) is 0 Å². The number of rotatable bonds is 7. The third-order valence-electron chi connectivity index (χ3n) is 2.82. The van der Waals surface area contributed by atoms with Gasteiger partial charge in [0.15, 0.2) is 0 Å². The quantitative estimate of drug-likeness (QED) is 0.807. The van der Waals surface area contributed by atoms with E-state index in [1.165, 1.54) is 0 Å². The van der Waals surface area contributed by atoms with Crippen LogP contribution in [0.4, 0.5) is 11.4 Å². The number of anilines is 2. The van der Waals surface area contributed by atoms with Gasteiger partial charge in [-0.25, -0.2) is 8.42 Å². The fourth-order valence-corrected chi connectivity index (χ4v) is 2.10. The minimum atomic E-state index is -3.27. The predicted octanol–water partition coefficient (Wildman–Crippen LogP) is 2.29.